The Morgan fingerprint density at radius 2 is 1.78 bits per heavy atom. The van der Waals surface area contributed by atoms with Crippen LogP contribution < -0.4 is 16.0 Å². The van der Waals surface area contributed by atoms with Crippen molar-refractivity contribution in [1.82, 2.24) is 20.9 Å². The van der Waals surface area contributed by atoms with Gasteiger partial charge >= 0.3 is 0 Å². The third-order valence-corrected chi connectivity index (χ3v) is 6.84. The Balaban J connectivity index is 0.00000216. The van der Waals surface area contributed by atoms with Gasteiger partial charge in [-0.25, -0.2) is 0 Å². The van der Waals surface area contributed by atoms with Crippen LogP contribution in [0.5, 0.6) is 0 Å². The number of carbonyl (C=O) groups excluding carboxylic acids is 1. The molecule has 36 heavy (non-hydrogen) atoms. The van der Waals surface area contributed by atoms with Crippen LogP contribution in [0.4, 0.5) is 0 Å². The summed E-state index contributed by atoms with van der Waals surface area (Å²) in [6.07, 6.45) is -3.82. The Kier molecular flexibility index (Phi) is 13.1. The van der Waals surface area contributed by atoms with E-state index < -0.39 is 54.6 Å². The molecule has 1 amide bonds. The number of pyridine rings is 1. The summed E-state index contributed by atoms with van der Waals surface area (Å²) in [6, 6.07) is 1.10. The molecular formula is C21H34Br3ClN4O7. The molecule has 4 rings (SSSR count). The van der Waals surface area contributed by atoms with Gasteiger partial charge in [-0.1, -0.05) is 11.6 Å². The number of likely N-dealkylation sites (N-methyl/N-ethyl adjacent to an activating group) is 2. The Morgan fingerprint density at radius 3 is 2.36 bits per heavy atom. The molecule has 0 radical (unpaired) electrons. The van der Waals surface area contributed by atoms with Gasteiger partial charge in [0.25, 0.3) is 0 Å². The second-order valence-electron chi connectivity index (χ2n) is 8.82. The van der Waals surface area contributed by atoms with Crippen molar-refractivity contribution < 1.29 is 34.3 Å². The zero-order chi connectivity index (χ0) is 23.9. The third kappa shape index (κ3) is 6.59. The molecule has 0 spiro atoms. The van der Waals surface area contributed by atoms with Gasteiger partial charge in [-0.15, -0.1) is 50.9 Å². The van der Waals surface area contributed by atoms with Crippen LogP contribution >= 0.6 is 62.5 Å². The van der Waals surface area contributed by atoms with Crippen LogP contribution in [0.15, 0.2) is 18.3 Å². The Morgan fingerprint density at radius 1 is 1.11 bits per heavy atom. The summed E-state index contributed by atoms with van der Waals surface area (Å²) in [5, 5.41) is 42.3. The molecular weight excluding hydrogens is 695 g/mol. The lowest BCUT2D eigenvalue weighted by molar-refractivity contribution is -0.449. The molecule has 10 atom stereocenters. The fourth-order valence-corrected chi connectivity index (χ4v) is 5.05. The largest absolute Gasteiger partial charge is 0.390 e. The van der Waals surface area contributed by atoms with Gasteiger partial charge in [-0.3, -0.25) is 9.78 Å². The highest BCUT2D eigenvalue weighted by molar-refractivity contribution is 8.93. The number of amides is 1. The van der Waals surface area contributed by atoms with Crippen LogP contribution in [0, 0.1) is 0 Å². The van der Waals surface area contributed by atoms with E-state index in [9.17, 15) is 20.1 Å². The second-order valence-corrected chi connectivity index (χ2v) is 9.26. The van der Waals surface area contributed by atoms with E-state index in [4.69, 9.17) is 25.8 Å². The predicted octanol–water partition coefficient (Wildman–Crippen LogP) is 0.0149. The summed E-state index contributed by atoms with van der Waals surface area (Å²) in [5.74, 6) is -2.40. The maximum atomic E-state index is 12.7. The van der Waals surface area contributed by atoms with E-state index in [1.165, 1.54) is 6.20 Å². The zero-order valence-corrected chi connectivity index (χ0v) is 25.8. The van der Waals surface area contributed by atoms with Gasteiger partial charge in [0.15, 0.2) is 0 Å². The Bertz CT molecular complexity index is 863. The van der Waals surface area contributed by atoms with Crippen molar-refractivity contribution in [1.29, 1.82) is 0 Å². The fourth-order valence-electron chi connectivity index (χ4n) is 4.94. The molecule has 208 valence electrons. The maximum absolute atomic E-state index is 12.7. The van der Waals surface area contributed by atoms with E-state index in [0.29, 0.717) is 10.7 Å². The smallest absolute Gasteiger partial charge is 0.239 e. The first-order chi connectivity index (χ1) is 15.7. The molecule has 0 aromatic carbocycles. The number of carbonyl (C=O) groups is 1. The van der Waals surface area contributed by atoms with Gasteiger partial charge < -0.3 is 45.5 Å². The number of nitrogens with zero attached hydrogens (tertiary/aromatic N) is 1. The highest BCUT2D eigenvalue weighted by Gasteiger charge is 2.63. The topological polar surface area (TPSA) is 154 Å². The highest BCUT2D eigenvalue weighted by Crippen LogP contribution is 2.41. The monoisotopic (exact) mass is 726 g/mol. The van der Waals surface area contributed by atoms with Crippen LogP contribution in [-0.4, -0.2) is 101 Å². The summed E-state index contributed by atoms with van der Waals surface area (Å²) in [6.45, 7) is 1.79. The number of rotatable bonds is 5. The number of fused-ring (bicyclic) bond motifs is 2. The Hall–Kier alpha value is 0.0300. The van der Waals surface area contributed by atoms with Crippen molar-refractivity contribution in [3.8, 4) is 0 Å². The predicted molar refractivity (Wildman–Crippen MR) is 147 cm³/mol. The molecule has 11 nitrogen and oxygen atoms in total. The summed E-state index contributed by atoms with van der Waals surface area (Å²) >= 11 is 5.85. The van der Waals surface area contributed by atoms with Crippen molar-refractivity contribution in [3.05, 3.63) is 29.0 Å². The average Bonchev–Trinajstić information content (AvgIpc) is 2.76. The molecule has 0 unspecified atom stereocenters. The minimum Gasteiger partial charge on any atom is -0.390 e. The number of ether oxygens (including phenoxy) is 3. The molecule has 6 N–H and O–H groups in total. The molecule has 1 aromatic heterocycles. The number of hydrogen-bond acceptors (Lipinski definition) is 10. The van der Waals surface area contributed by atoms with E-state index >= 15 is 0 Å². The first-order valence-electron chi connectivity index (χ1n) is 11.0. The lowest BCUT2D eigenvalue weighted by Crippen LogP contribution is -2.79. The maximum Gasteiger partial charge on any atom is 0.239 e. The molecule has 1 saturated carbocycles. The summed E-state index contributed by atoms with van der Waals surface area (Å²) in [7, 11) is 3.27. The fraction of sp³-hybridized carbons (Fsp3) is 0.714. The lowest BCUT2D eigenvalue weighted by Gasteiger charge is -2.58. The first kappa shape index (κ1) is 34.1. The quantitative estimate of drug-likeness (QED) is 0.245. The van der Waals surface area contributed by atoms with Crippen molar-refractivity contribution in [3.63, 3.8) is 0 Å². The van der Waals surface area contributed by atoms with E-state index in [2.05, 4.69) is 20.9 Å². The molecule has 3 fully saturated rings. The SMILES string of the molecule is Br.Br.Br.CN[C@@H]1[C@H](O)[C@H](NC)[C@H]2O[C@]3(O)[C@H](O[C@@H]2[C@H]1O)O[C@H](C)C[C@H]3NC(=O)Cc1ccc(Cl)cn1. The van der Waals surface area contributed by atoms with Gasteiger partial charge in [0, 0.05) is 11.9 Å². The lowest BCUT2D eigenvalue weighted by atomic mass is 9.79. The molecule has 3 aliphatic rings. The van der Waals surface area contributed by atoms with Crippen molar-refractivity contribution in [2.45, 2.75) is 80.5 Å². The van der Waals surface area contributed by atoms with Crippen molar-refractivity contribution in [2.24, 2.45) is 0 Å². The van der Waals surface area contributed by atoms with Gasteiger partial charge in [0.2, 0.25) is 18.0 Å². The second kappa shape index (κ2) is 13.9. The molecule has 2 saturated heterocycles. The third-order valence-electron chi connectivity index (χ3n) is 6.62. The number of hydrogen-bond donors (Lipinski definition) is 6. The normalized spacial score (nSPS) is 39.2. The number of aliphatic hydroxyl groups is 3. The molecule has 15 heteroatoms. The number of aromatic nitrogens is 1. The van der Waals surface area contributed by atoms with Gasteiger partial charge in [-0.05, 0) is 39.6 Å². The standard InChI is InChI=1S/C21H31ClN4O7.3BrH/c1-9-6-12(26-13(27)7-11-5-4-10(22)8-25-11)21(30)20(31-9)32-19-17(29)14(23-2)16(28)15(24-3)18(19)33-21;;;/h4-5,8-9,12,14-20,23-24,28-30H,6-7H2,1-3H3,(H,26,27);3*1H/t9-,12-,14-,15+,16+,17+,18-,19-,20+,21+;;;/m1.../s1. The average molecular weight is 730 g/mol. The Labute approximate surface area is 246 Å². The number of aliphatic hydroxyl groups excluding tert-OH is 2. The van der Waals surface area contributed by atoms with Gasteiger partial charge in [0.1, 0.15) is 18.3 Å². The zero-order valence-electron chi connectivity index (χ0n) is 19.9. The van der Waals surface area contributed by atoms with Crippen molar-refractivity contribution in [2.75, 3.05) is 14.1 Å². The van der Waals surface area contributed by atoms with Crippen LogP contribution in [0.25, 0.3) is 0 Å². The highest BCUT2D eigenvalue weighted by atomic mass is 79.9. The molecule has 1 aliphatic carbocycles. The number of nitrogens with one attached hydrogen (secondary N) is 3. The summed E-state index contributed by atoms with van der Waals surface area (Å²) in [4.78, 5) is 16.9. The van der Waals surface area contributed by atoms with E-state index in [-0.39, 0.29) is 75.8 Å². The number of halogens is 4. The van der Waals surface area contributed by atoms with E-state index in [1.807, 2.05) is 0 Å². The first-order valence-corrected chi connectivity index (χ1v) is 11.4. The summed E-state index contributed by atoms with van der Waals surface area (Å²) < 4.78 is 17.9. The van der Waals surface area contributed by atoms with Crippen LogP contribution in [0.3, 0.4) is 0 Å². The molecule has 3 heterocycles. The van der Waals surface area contributed by atoms with E-state index in [1.54, 1.807) is 33.2 Å². The molecule has 1 aromatic rings. The molecule has 0 bridgehead atoms. The molecule has 2 aliphatic heterocycles. The minimum absolute atomic E-state index is 0. The summed E-state index contributed by atoms with van der Waals surface area (Å²) in [5.41, 5.74) is 0.522. The minimum atomic E-state index is -2.03. The van der Waals surface area contributed by atoms with Crippen LogP contribution in [-0.2, 0) is 25.4 Å². The van der Waals surface area contributed by atoms with Crippen LogP contribution in [0.1, 0.15) is 19.0 Å². The van der Waals surface area contributed by atoms with Crippen molar-refractivity contribution >= 4 is 68.5 Å². The van der Waals surface area contributed by atoms with Gasteiger partial charge in [0.05, 0.1) is 41.8 Å². The van der Waals surface area contributed by atoms with Gasteiger partial charge in [-0.2, -0.15) is 0 Å². The van der Waals surface area contributed by atoms with Crippen LogP contribution in [0.2, 0.25) is 5.02 Å². The van der Waals surface area contributed by atoms with E-state index in [0.717, 1.165) is 0 Å².